The number of aliphatic hydroxyl groups is 1. The molecule has 1 atom stereocenters. The highest BCUT2D eigenvalue weighted by molar-refractivity contribution is 5.84. The van der Waals surface area contributed by atoms with Crippen molar-refractivity contribution in [3.63, 3.8) is 0 Å². The van der Waals surface area contributed by atoms with E-state index in [0.29, 0.717) is 34.9 Å². The van der Waals surface area contributed by atoms with Crippen molar-refractivity contribution in [2.75, 3.05) is 10.6 Å². The Bertz CT molecular complexity index is 1050. The van der Waals surface area contributed by atoms with E-state index in [1.165, 1.54) is 18.2 Å². The number of halogens is 1. The zero-order chi connectivity index (χ0) is 23.3. The zero-order valence-corrected chi connectivity index (χ0v) is 19.2. The summed E-state index contributed by atoms with van der Waals surface area (Å²) in [6, 6.07) is 3.76. The van der Waals surface area contributed by atoms with Crippen LogP contribution in [0.25, 0.3) is 11.2 Å². The molecule has 2 aromatic heterocycles. The van der Waals surface area contributed by atoms with Gasteiger partial charge in [-0.25, -0.2) is 9.37 Å². The highest BCUT2D eigenvalue weighted by Gasteiger charge is 2.19. The average Bonchev–Trinajstić information content (AvgIpc) is 3.10. The fraction of sp³-hybridized carbons (Fsp3) is 0.522. The molecular formula is C23H33FN6O2. The predicted molar refractivity (Wildman–Crippen MR) is 124 cm³/mol. The minimum Gasteiger partial charge on any atom is -0.508 e. The molecule has 174 valence electrons. The Morgan fingerprint density at radius 2 is 2.00 bits per heavy atom. The molecule has 8 nitrogen and oxygen atoms in total. The molecule has 4 N–H and O–H groups in total. The van der Waals surface area contributed by atoms with E-state index in [2.05, 4.69) is 32.5 Å². The van der Waals surface area contributed by atoms with E-state index < -0.39 is 11.4 Å². The highest BCUT2D eigenvalue weighted by Crippen LogP contribution is 2.25. The Labute approximate surface area is 187 Å². The summed E-state index contributed by atoms with van der Waals surface area (Å²) in [6.45, 7) is 8.61. The average molecular weight is 445 g/mol. The molecule has 1 unspecified atom stereocenters. The third-order valence-corrected chi connectivity index (χ3v) is 5.14. The molecule has 9 heteroatoms. The van der Waals surface area contributed by atoms with Gasteiger partial charge < -0.3 is 25.4 Å². The largest absolute Gasteiger partial charge is 0.508 e. The summed E-state index contributed by atoms with van der Waals surface area (Å²) in [5, 5.41) is 26.6. The second kappa shape index (κ2) is 10.1. The second-order valence-corrected chi connectivity index (χ2v) is 8.90. The molecule has 0 spiro atoms. The zero-order valence-electron chi connectivity index (χ0n) is 19.2. The van der Waals surface area contributed by atoms with Crippen LogP contribution in [0.15, 0.2) is 24.5 Å². The van der Waals surface area contributed by atoms with E-state index in [-0.39, 0.29) is 18.3 Å². The van der Waals surface area contributed by atoms with Gasteiger partial charge in [0.1, 0.15) is 11.6 Å². The Hall–Kier alpha value is -2.94. The van der Waals surface area contributed by atoms with Crippen molar-refractivity contribution < 1.29 is 14.6 Å². The number of unbranched alkanes of at least 4 members (excludes halogenated alkanes) is 2. The van der Waals surface area contributed by atoms with E-state index in [9.17, 15) is 14.6 Å². The molecular weight excluding hydrogens is 411 g/mol. The number of phenolic OH excluding ortho intramolecular Hbond substituents is 1. The minimum absolute atomic E-state index is 0.00597. The minimum atomic E-state index is -0.825. The molecule has 0 amide bonds. The van der Waals surface area contributed by atoms with Crippen LogP contribution in [0, 0.1) is 5.82 Å². The molecule has 0 aliphatic heterocycles. The number of hydrogen-bond acceptors (Lipinski definition) is 7. The molecule has 2 heterocycles. The first kappa shape index (κ1) is 23.7. The van der Waals surface area contributed by atoms with Crippen molar-refractivity contribution in [2.24, 2.45) is 0 Å². The predicted octanol–water partition coefficient (Wildman–Crippen LogP) is 4.43. The first-order chi connectivity index (χ1) is 15.2. The van der Waals surface area contributed by atoms with Gasteiger partial charge in [-0.15, -0.1) is 0 Å². The van der Waals surface area contributed by atoms with Crippen LogP contribution in [-0.2, 0) is 13.1 Å². The molecule has 0 radical (unpaired) electrons. The number of aromatic nitrogens is 4. The molecule has 32 heavy (non-hydrogen) atoms. The van der Waals surface area contributed by atoms with Gasteiger partial charge in [-0.1, -0.05) is 19.8 Å². The summed E-state index contributed by atoms with van der Waals surface area (Å²) in [7, 11) is 0. The van der Waals surface area contributed by atoms with E-state index in [1.54, 1.807) is 20.2 Å². The number of aryl methyl sites for hydroxylation is 1. The van der Waals surface area contributed by atoms with E-state index in [1.807, 2.05) is 11.5 Å². The third-order valence-electron chi connectivity index (χ3n) is 5.14. The van der Waals surface area contributed by atoms with Crippen LogP contribution < -0.4 is 10.6 Å². The standard InChI is InChI=1S/C23H33FN6O2/c1-5-6-7-10-30-14-26-19-20(25-13-16-11-17(24)8-9-18(16)31)28-22(29-21(19)30)27-15(2)12-23(3,4)32/h8-9,11,14-15,31-32H,5-7,10,12-13H2,1-4H3,(H2,25,27,28,29). The SMILES string of the molecule is CCCCCn1cnc2c(NCc3cc(F)ccc3O)nc(NC(C)CC(C)(C)O)nc21. The summed E-state index contributed by atoms with van der Waals surface area (Å²) in [6.07, 6.45) is 5.52. The number of aromatic hydroxyl groups is 1. The number of benzene rings is 1. The number of anilines is 2. The number of nitrogens with zero attached hydrogens (tertiary/aromatic N) is 4. The highest BCUT2D eigenvalue weighted by atomic mass is 19.1. The summed E-state index contributed by atoms with van der Waals surface area (Å²) >= 11 is 0. The molecule has 3 rings (SSSR count). The van der Waals surface area contributed by atoms with Gasteiger partial charge in [0, 0.05) is 24.7 Å². The van der Waals surface area contributed by atoms with Crippen LogP contribution in [-0.4, -0.2) is 41.4 Å². The maximum Gasteiger partial charge on any atom is 0.226 e. The van der Waals surface area contributed by atoms with Gasteiger partial charge in [0.2, 0.25) is 5.95 Å². The molecule has 0 saturated heterocycles. The lowest BCUT2D eigenvalue weighted by atomic mass is 10.0. The second-order valence-electron chi connectivity index (χ2n) is 8.90. The van der Waals surface area contributed by atoms with E-state index >= 15 is 0 Å². The number of rotatable bonds is 11. The van der Waals surface area contributed by atoms with Gasteiger partial charge in [-0.05, 0) is 51.8 Å². The van der Waals surface area contributed by atoms with Gasteiger partial charge in [0.05, 0.1) is 11.9 Å². The molecule has 0 aliphatic carbocycles. The number of phenols is 1. The number of fused-ring (bicyclic) bond motifs is 1. The topological polar surface area (TPSA) is 108 Å². The first-order valence-corrected chi connectivity index (χ1v) is 11.1. The summed E-state index contributed by atoms with van der Waals surface area (Å²) in [5.41, 5.74) is 0.899. The van der Waals surface area contributed by atoms with Gasteiger partial charge >= 0.3 is 0 Å². The molecule has 0 aliphatic rings. The van der Waals surface area contributed by atoms with Crippen LogP contribution in [0.1, 0.15) is 58.9 Å². The van der Waals surface area contributed by atoms with Crippen molar-refractivity contribution >= 4 is 22.9 Å². The van der Waals surface area contributed by atoms with Crippen molar-refractivity contribution in [3.8, 4) is 5.75 Å². The Balaban J connectivity index is 1.90. The quantitative estimate of drug-likeness (QED) is 0.324. The van der Waals surface area contributed by atoms with Crippen LogP contribution in [0.5, 0.6) is 5.75 Å². The van der Waals surface area contributed by atoms with Gasteiger partial charge in [0.25, 0.3) is 0 Å². The van der Waals surface area contributed by atoms with Crippen molar-refractivity contribution in [1.29, 1.82) is 0 Å². The lowest BCUT2D eigenvalue weighted by Gasteiger charge is -2.23. The van der Waals surface area contributed by atoms with Crippen molar-refractivity contribution in [1.82, 2.24) is 19.5 Å². The number of hydrogen-bond donors (Lipinski definition) is 4. The van der Waals surface area contributed by atoms with Crippen LogP contribution in [0.4, 0.5) is 16.2 Å². The summed E-state index contributed by atoms with van der Waals surface area (Å²) in [5.74, 6) is 0.491. The Kier molecular flexibility index (Phi) is 7.50. The first-order valence-electron chi connectivity index (χ1n) is 11.1. The maximum absolute atomic E-state index is 13.6. The molecule has 0 fully saturated rings. The smallest absolute Gasteiger partial charge is 0.226 e. The Morgan fingerprint density at radius 1 is 1.22 bits per heavy atom. The van der Waals surface area contributed by atoms with Crippen LogP contribution in [0.2, 0.25) is 0 Å². The number of imidazole rings is 1. The van der Waals surface area contributed by atoms with E-state index in [4.69, 9.17) is 0 Å². The fourth-order valence-electron chi connectivity index (χ4n) is 3.72. The fourth-order valence-corrected chi connectivity index (χ4v) is 3.72. The lowest BCUT2D eigenvalue weighted by Crippen LogP contribution is -2.29. The molecule has 0 saturated carbocycles. The number of nitrogens with one attached hydrogen (secondary N) is 2. The van der Waals surface area contributed by atoms with Crippen molar-refractivity contribution in [3.05, 3.63) is 35.9 Å². The normalized spacial score (nSPS) is 12.8. The maximum atomic E-state index is 13.6. The van der Waals surface area contributed by atoms with Crippen LogP contribution in [0.3, 0.4) is 0 Å². The molecule has 0 bridgehead atoms. The molecule has 1 aromatic carbocycles. The summed E-state index contributed by atoms with van der Waals surface area (Å²) in [4.78, 5) is 13.8. The van der Waals surface area contributed by atoms with E-state index in [0.717, 1.165) is 25.8 Å². The van der Waals surface area contributed by atoms with Gasteiger partial charge in [-0.2, -0.15) is 9.97 Å². The third kappa shape index (κ3) is 6.29. The summed E-state index contributed by atoms with van der Waals surface area (Å²) < 4.78 is 15.6. The van der Waals surface area contributed by atoms with Gasteiger partial charge in [-0.3, -0.25) is 0 Å². The van der Waals surface area contributed by atoms with Crippen molar-refractivity contribution in [2.45, 2.75) is 78.1 Å². The lowest BCUT2D eigenvalue weighted by molar-refractivity contribution is 0.0672. The monoisotopic (exact) mass is 444 g/mol. The van der Waals surface area contributed by atoms with Gasteiger partial charge in [0.15, 0.2) is 17.0 Å². The molecule has 3 aromatic rings. The van der Waals surface area contributed by atoms with Crippen LogP contribution >= 0.6 is 0 Å². The Morgan fingerprint density at radius 3 is 2.72 bits per heavy atom.